The first kappa shape index (κ1) is 27.8. The Kier molecular flexibility index (Phi) is 11.5. The minimum Gasteiger partial charge on any atom is -0.481 e. The van der Waals surface area contributed by atoms with Gasteiger partial charge in [0.25, 0.3) is 0 Å². The molecule has 34 heavy (non-hydrogen) atoms. The van der Waals surface area contributed by atoms with Gasteiger partial charge in [0.1, 0.15) is 12.1 Å². The van der Waals surface area contributed by atoms with Gasteiger partial charge in [-0.3, -0.25) is 24.2 Å². The van der Waals surface area contributed by atoms with E-state index in [4.69, 9.17) is 22.3 Å². The first-order chi connectivity index (χ1) is 16.0. The second-order valence-corrected chi connectivity index (χ2v) is 7.17. The Bertz CT molecular complexity index is 884. The maximum Gasteiger partial charge on any atom is 0.326 e. The lowest BCUT2D eigenvalue weighted by atomic mass is 10.1. The molecule has 3 amide bonds. The van der Waals surface area contributed by atoms with Gasteiger partial charge in [0.2, 0.25) is 17.7 Å². The Morgan fingerprint density at radius 3 is 2.35 bits per heavy atom. The summed E-state index contributed by atoms with van der Waals surface area (Å²) in [5, 5.41) is 25.0. The molecule has 0 saturated carbocycles. The van der Waals surface area contributed by atoms with E-state index in [1.807, 2.05) is 0 Å². The smallest absolute Gasteiger partial charge is 0.326 e. The average Bonchev–Trinajstić information content (AvgIpc) is 3.26. The highest BCUT2D eigenvalue weighted by Crippen LogP contribution is 2.01. The fraction of sp³-hybridized carbons (Fsp3) is 0.500. The highest BCUT2D eigenvalue weighted by atomic mass is 16.4. The van der Waals surface area contributed by atoms with Crippen LogP contribution in [0.1, 0.15) is 25.0 Å². The van der Waals surface area contributed by atoms with Gasteiger partial charge in [-0.2, -0.15) is 0 Å². The molecule has 0 saturated heterocycles. The van der Waals surface area contributed by atoms with Crippen molar-refractivity contribution in [1.82, 2.24) is 25.9 Å². The average molecular weight is 483 g/mol. The number of carbonyl (C=O) groups excluding carboxylic acids is 3. The van der Waals surface area contributed by atoms with Gasteiger partial charge in [-0.1, -0.05) is 0 Å². The number of aromatic amines is 1. The summed E-state index contributed by atoms with van der Waals surface area (Å²) in [5.74, 6) is -5.17. The molecule has 0 aliphatic carbocycles. The summed E-state index contributed by atoms with van der Waals surface area (Å²) < 4.78 is 0. The molecule has 0 aliphatic rings. The second-order valence-electron chi connectivity index (χ2n) is 7.17. The molecule has 16 heteroatoms. The molecule has 0 radical (unpaired) electrons. The molecule has 3 atom stereocenters. The number of aliphatic imine (C=N–C) groups is 1. The van der Waals surface area contributed by atoms with E-state index < -0.39 is 60.8 Å². The van der Waals surface area contributed by atoms with Crippen LogP contribution >= 0.6 is 0 Å². The number of imidazole rings is 1. The summed E-state index contributed by atoms with van der Waals surface area (Å²) in [6.45, 7) is -0.426. The molecule has 1 rings (SSSR count). The summed E-state index contributed by atoms with van der Waals surface area (Å²) in [5.41, 5.74) is 16.5. The van der Waals surface area contributed by atoms with E-state index in [2.05, 4.69) is 30.9 Å². The number of carboxylic acids is 2. The summed E-state index contributed by atoms with van der Waals surface area (Å²) in [6, 6.07) is -3.84. The highest BCUT2D eigenvalue weighted by Gasteiger charge is 2.26. The van der Waals surface area contributed by atoms with Crippen molar-refractivity contribution in [2.75, 3.05) is 13.1 Å². The third kappa shape index (κ3) is 10.9. The molecule has 1 aromatic rings. The number of aliphatic carboxylic acids is 2. The van der Waals surface area contributed by atoms with Crippen molar-refractivity contribution >= 4 is 35.6 Å². The lowest BCUT2D eigenvalue weighted by Crippen LogP contribution is -2.54. The lowest BCUT2D eigenvalue weighted by molar-refractivity contribution is -0.141. The fourth-order valence-electron chi connectivity index (χ4n) is 2.68. The molecule has 16 nitrogen and oxygen atoms in total. The Labute approximate surface area is 193 Å². The van der Waals surface area contributed by atoms with Gasteiger partial charge in [-0.25, -0.2) is 9.78 Å². The SMILES string of the molecule is NC(N)=NCCCC(NC(=O)C(N)CC(=O)O)C(=O)NCC(=O)NC(Cc1cnc[nH]1)C(=O)O. The van der Waals surface area contributed by atoms with Gasteiger partial charge in [0.15, 0.2) is 5.96 Å². The molecule has 0 spiro atoms. The van der Waals surface area contributed by atoms with Gasteiger partial charge < -0.3 is 48.3 Å². The number of hydrogen-bond donors (Lipinski definition) is 9. The minimum absolute atomic E-state index is 0.0489. The predicted octanol–water partition coefficient (Wildman–Crippen LogP) is -4.02. The van der Waals surface area contributed by atoms with Crippen LogP contribution in [0.3, 0.4) is 0 Å². The van der Waals surface area contributed by atoms with E-state index in [0.717, 1.165) is 0 Å². The molecule has 0 aliphatic heterocycles. The van der Waals surface area contributed by atoms with Gasteiger partial charge in [0.05, 0.1) is 25.3 Å². The summed E-state index contributed by atoms with van der Waals surface area (Å²) >= 11 is 0. The Morgan fingerprint density at radius 1 is 1.09 bits per heavy atom. The fourth-order valence-corrected chi connectivity index (χ4v) is 2.68. The van der Waals surface area contributed by atoms with Crippen LogP contribution in [0.5, 0.6) is 0 Å². The minimum atomic E-state index is -1.40. The monoisotopic (exact) mass is 483 g/mol. The summed E-state index contributed by atoms with van der Waals surface area (Å²) in [4.78, 5) is 69.3. The van der Waals surface area contributed by atoms with Crippen LogP contribution in [0.25, 0.3) is 0 Å². The van der Waals surface area contributed by atoms with Crippen LogP contribution in [-0.2, 0) is 30.4 Å². The molecular formula is C18H29N9O7. The van der Waals surface area contributed by atoms with E-state index in [1.165, 1.54) is 12.5 Å². The van der Waals surface area contributed by atoms with Crippen molar-refractivity contribution in [3.8, 4) is 0 Å². The number of H-pyrrole nitrogens is 1. The van der Waals surface area contributed by atoms with Crippen molar-refractivity contribution in [1.29, 1.82) is 0 Å². The van der Waals surface area contributed by atoms with E-state index in [0.29, 0.717) is 5.69 Å². The molecule has 0 fully saturated rings. The van der Waals surface area contributed by atoms with Gasteiger partial charge >= 0.3 is 11.9 Å². The van der Waals surface area contributed by atoms with Crippen molar-refractivity contribution in [3.63, 3.8) is 0 Å². The Balaban J connectivity index is 2.70. The third-order valence-electron chi connectivity index (χ3n) is 4.34. The third-order valence-corrected chi connectivity index (χ3v) is 4.34. The van der Waals surface area contributed by atoms with Crippen LogP contribution in [0, 0.1) is 0 Å². The number of amides is 3. The number of aromatic nitrogens is 2. The number of hydrogen-bond acceptors (Lipinski definition) is 8. The van der Waals surface area contributed by atoms with E-state index >= 15 is 0 Å². The molecule has 1 aromatic heterocycles. The molecule has 1 heterocycles. The molecule has 0 aromatic carbocycles. The first-order valence-electron chi connectivity index (χ1n) is 10.1. The number of guanidine groups is 1. The standard InChI is InChI=1S/C18H29N9O7/c19-10(5-14(29)30)15(31)27-11(2-1-3-23-18(20)21)16(32)24-7-13(28)26-12(17(33)34)4-9-6-22-8-25-9/h6,8,10-12H,1-5,7,19H2,(H,22,25)(H,24,32)(H,26,28)(H,27,31)(H,29,30)(H,33,34)(H4,20,21,23). The largest absolute Gasteiger partial charge is 0.481 e. The zero-order valence-electron chi connectivity index (χ0n) is 18.2. The molecule has 188 valence electrons. The first-order valence-corrected chi connectivity index (χ1v) is 10.1. The van der Waals surface area contributed by atoms with E-state index in [1.54, 1.807) is 0 Å². The Morgan fingerprint density at radius 2 is 1.79 bits per heavy atom. The molecule has 3 unspecified atom stereocenters. The number of carboxylic acid groups (broad SMARTS) is 2. The van der Waals surface area contributed by atoms with Crippen LogP contribution in [0.2, 0.25) is 0 Å². The summed E-state index contributed by atoms with van der Waals surface area (Å²) in [7, 11) is 0. The zero-order chi connectivity index (χ0) is 25.7. The lowest BCUT2D eigenvalue weighted by Gasteiger charge is -2.20. The van der Waals surface area contributed by atoms with Crippen molar-refractivity contribution in [2.45, 2.75) is 43.8 Å². The van der Waals surface area contributed by atoms with Gasteiger partial charge in [-0.15, -0.1) is 0 Å². The van der Waals surface area contributed by atoms with Gasteiger partial charge in [-0.05, 0) is 12.8 Å². The van der Waals surface area contributed by atoms with Crippen LogP contribution in [0.15, 0.2) is 17.5 Å². The number of rotatable bonds is 15. The molecule has 0 bridgehead atoms. The Hall–Kier alpha value is -4.21. The molecule has 12 N–H and O–H groups in total. The highest BCUT2D eigenvalue weighted by molar-refractivity contribution is 5.93. The predicted molar refractivity (Wildman–Crippen MR) is 117 cm³/mol. The number of nitrogens with zero attached hydrogens (tertiary/aromatic N) is 2. The van der Waals surface area contributed by atoms with E-state index in [-0.39, 0.29) is 31.8 Å². The maximum atomic E-state index is 12.6. The topological polar surface area (TPSA) is 281 Å². The second kappa shape index (κ2) is 14.0. The number of carbonyl (C=O) groups is 5. The van der Waals surface area contributed by atoms with Crippen molar-refractivity contribution < 1.29 is 34.2 Å². The van der Waals surface area contributed by atoms with Crippen LogP contribution < -0.4 is 33.2 Å². The van der Waals surface area contributed by atoms with Crippen molar-refractivity contribution in [3.05, 3.63) is 18.2 Å². The molecular weight excluding hydrogens is 454 g/mol. The maximum absolute atomic E-state index is 12.6. The van der Waals surface area contributed by atoms with E-state index in [9.17, 15) is 29.1 Å². The van der Waals surface area contributed by atoms with Crippen LogP contribution in [0.4, 0.5) is 0 Å². The van der Waals surface area contributed by atoms with Gasteiger partial charge in [0, 0.05) is 24.9 Å². The number of nitrogens with two attached hydrogens (primary N) is 3. The summed E-state index contributed by atoms with van der Waals surface area (Å²) in [6.07, 6.45) is 2.38. The quantitative estimate of drug-likeness (QED) is 0.0657. The number of nitrogens with one attached hydrogen (secondary N) is 4. The normalized spacial score (nSPS) is 13.1. The van der Waals surface area contributed by atoms with Crippen LogP contribution in [-0.4, -0.2) is 87.0 Å². The van der Waals surface area contributed by atoms with Crippen molar-refractivity contribution in [2.24, 2.45) is 22.2 Å². The zero-order valence-corrected chi connectivity index (χ0v) is 18.2.